The van der Waals surface area contributed by atoms with Gasteiger partial charge in [0.05, 0.1) is 0 Å². The highest BCUT2D eigenvalue weighted by molar-refractivity contribution is 6.02. The first-order valence-electron chi connectivity index (χ1n) is 9.11. The fourth-order valence-corrected chi connectivity index (χ4v) is 3.46. The van der Waals surface area contributed by atoms with Crippen LogP contribution in [0.5, 0.6) is 0 Å². The van der Waals surface area contributed by atoms with E-state index in [1.807, 2.05) is 4.90 Å². The van der Waals surface area contributed by atoms with Gasteiger partial charge in [0.1, 0.15) is 5.82 Å². The van der Waals surface area contributed by atoms with E-state index in [0.717, 1.165) is 31.6 Å². The van der Waals surface area contributed by atoms with Gasteiger partial charge in [-0.3, -0.25) is 24.2 Å². The molecule has 1 aromatic carbocycles. The molecule has 0 unspecified atom stereocenters. The van der Waals surface area contributed by atoms with Gasteiger partial charge in [0.25, 0.3) is 0 Å². The Balaban J connectivity index is 1.46. The summed E-state index contributed by atoms with van der Waals surface area (Å²) in [4.78, 5) is 41.0. The number of nitrogens with zero attached hydrogens (tertiary/aromatic N) is 3. The van der Waals surface area contributed by atoms with Crippen LogP contribution in [0.1, 0.15) is 31.2 Å². The average Bonchev–Trinajstić information content (AvgIpc) is 2.82. The maximum atomic E-state index is 13.0. The number of likely N-dealkylation sites (tertiary alicyclic amines) is 1. The molecule has 0 aromatic heterocycles. The van der Waals surface area contributed by atoms with Gasteiger partial charge in [-0.25, -0.2) is 4.39 Å². The van der Waals surface area contributed by atoms with Gasteiger partial charge >= 0.3 is 0 Å². The number of benzene rings is 1. The quantitative estimate of drug-likeness (QED) is 0.744. The van der Waals surface area contributed by atoms with E-state index in [2.05, 4.69) is 4.90 Å². The molecule has 2 aliphatic rings. The Kier molecular flexibility index (Phi) is 5.98. The zero-order valence-corrected chi connectivity index (χ0v) is 14.8. The van der Waals surface area contributed by atoms with Crippen LogP contribution in [0.25, 0.3) is 0 Å². The first-order chi connectivity index (χ1) is 12.5. The molecule has 140 valence electrons. The van der Waals surface area contributed by atoms with E-state index in [4.69, 9.17) is 0 Å². The van der Waals surface area contributed by atoms with Gasteiger partial charge < -0.3 is 4.90 Å². The normalized spacial score (nSPS) is 19.1. The number of imide groups is 1. The molecule has 6 nitrogen and oxygen atoms in total. The third kappa shape index (κ3) is 4.66. The second-order valence-corrected chi connectivity index (χ2v) is 6.83. The fourth-order valence-electron chi connectivity index (χ4n) is 3.46. The van der Waals surface area contributed by atoms with Crippen molar-refractivity contribution < 1.29 is 18.8 Å². The van der Waals surface area contributed by atoms with Gasteiger partial charge in [-0.15, -0.1) is 0 Å². The number of hydrogen-bond donors (Lipinski definition) is 0. The van der Waals surface area contributed by atoms with Crippen LogP contribution < -0.4 is 0 Å². The zero-order chi connectivity index (χ0) is 18.5. The summed E-state index contributed by atoms with van der Waals surface area (Å²) in [6.07, 6.45) is 1.58. The lowest BCUT2D eigenvalue weighted by Gasteiger charge is -2.23. The molecule has 0 atom stereocenters. The van der Waals surface area contributed by atoms with Crippen LogP contribution in [-0.2, 0) is 20.9 Å². The van der Waals surface area contributed by atoms with Crippen LogP contribution in [0, 0.1) is 5.82 Å². The van der Waals surface area contributed by atoms with Crippen LogP contribution >= 0.6 is 0 Å². The van der Waals surface area contributed by atoms with Gasteiger partial charge in [0.2, 0.25) is 17.7 Å². The first kappa shape index (κ1) is 18.5. The molecule has 0 radical (unpaired) electrons. The molecule has 3 amide bonds. The molecule has 2 aliphatic heterocycles. The molecule has 2 fully saturated rings. The number of halogens is 1. The Bertz CT molecular complexity index is 661. The van der Waals surface area contributed by atoms with Gasteiger partial charge in [-0.2, -0.15) is 0 Å². The SMILES string of the molecule is O=C(CCN1C(=O)CCC1=O)N1CCCN(Cc2ccc(F)cc2)CC1. The summed E-state index contributed by atoms with van der Waals surface area (Å²) in [7, 11) is 0. The molecular weight excluding hydrogens is 337 g/mol. The average molecular weight is 361 g/mol. The van der Waals surface area contributed by atoms with Crippen molar-refractivity contribution in [2.75, 3.05) is 32.7 Å². The lowest BCUT2D eigenvalue weighted by atomic mass is 10.2. The molecule has 0 N–H and O–H groups in total. The molecule has 7 heteroatoms. The number of rotatable bonds is 5. The highest BCUT2D eigenvalue weighted by Crippen LogP contribution is 2.14. The van der Waals surface area contributed by atoms with E-state index >= 15 is 0 Å². The Hall–Kier alpha value is -2.28. The molecule has 0 bridgehead atoms. The molecular formula is C19H24FN3O3. The molecule has 0 spiro atoms. The van der Waals surface area contributed by atoms with Gasteiger partial charge in [0.15, 0.2) is 0 Å². The van der Waals surface area contributed by atoms with Crippen molar-refractivity contribution in [3.63, 3.8) is 0 Å². The Labute approximate surface area is 152 Å². The minimum atomic E-state index is -0.239. The summed E-state index contributed by atoms with van der Waals surface area (Å²) < 4.78 is 13.0. The minimum Gasteiger partial charge on any atom is -0.341 e. The highest BCUT2D eigenvalue weighted by atomic mass is 19.1. The maximum absolute atomic E-state index is 13.0. The largest absolute Gasteiger partial charge is 0.341 e. The summed E-state index contributed by atoms with van der Waals surface area (Å²) in [5.41, 5.74) is 1.05. The van der Waals surface area contributed by atoms with Crippen molar-refractivity contribution in [2.24, 2.45) is 0 Å². The molecule has 3 rings (SSSR count). The van der Waals surface area contributed by atoms with E-state index in [0.29, 0.717) is 13.1 Å². The number of amides is 3. The topological polar surface area (TPSA) is 60.9 Å². The number of carbonyl (C=O) groups excluding carboxylic acids is 3. The van der Waals surface area contributed by atoms with Crippen LogP contribution in [0.15, 0.2) is 24.3 Å². The summed E-state index contributed by atoms with van der Waals surface area (Å²) in [6.45, 7) is 3.86. The standard InChI is InChI=1S/C19H24FN3O3/c20-16-4-2-15(3-5-16)14-21-9-1-10-22(13-12-21)17(24)8-11-23-18(25)6-7-19(23)26/h2-5H,1,6-14H2. The van der Waals surface area contributed by atoms with E-state index in [1.165, 1.54) is 17.0 Å². The maximum Gasteiger partial charge on any atom is 0.229 e. The van der Waals surface area contributed by atoms with E-state index in [1.54, 1.807) is 12.1 Å². The Morgan fingerprint density at radius 2 is 1.65 bits per heavy atom. The van der Waals surface area contributed by atoms with Crippen LogP contribution in [-0.4, -0.2) is 65.1 Å². The van der Waals surface area contributed by atoms with E-state index in [-0.39, 0.29) is 49.3 Å². The van der Waals surface area contributed by atoms with Gasteiger partial charge in [0, 0.05) is 58.5 Å². The molecule has 1 aromatic rings. The smallest absolute Gasteiger partial charge is 0.229 e. The van der Waals surface area contributed by atoms with Gasteiger partial charge in [-0.05, 0) is 24.1 Å². The van der Waals surface area contributed by atoms with Crippen molar-refractivity contribution in [1.29, 1.82) is 0 Å². The van der Waals surface area contributed by atoms with Crippen molar-refractivity contribution in [2.45, 2.75) is 32.2 Å². The molecule has 26 heavy (non-hydrogen) atoms. The molecule has 2 saturated heterocycles. The van der Waals surface area contributed by atoms with Gasteiger partial charge in [-0.1, -0.05) is 12.1 Å². The molecule has 2 heterocycles. The second-order valence-electron chi connectivity index (χ2n) is 6.83. The van der Waals surface area contributed by atoms with Crippen molar-refractivity contribution >= 4 is 17.7 Å². The van der Waals surface area contributed by atoms with Crippen LogP contribution in [0.3, 0.4) is 0 Å². The van der Waals surface area contributed by atoms with Crippen LogP contribution in [0.2, 0.25) is 0 Å². The highest BCUT2D eigenvalue weighted by Gasteiger charge is 2.29. The number of carbonyl (C=O) groups is 3. The first-order valence-corrected chi connectivity index (χ1v) is 9.11. The van der Waals surface area contributed by atoms with E-state index < -0.39 is 0 Å². The lowest BCUT2D eigenvalue weighted by Crippen LogP contribution is -2.38. The fraction of sp³-hybridized carbons (Fsp3) is 0.526. The third-order valence-electron chi connectivity index (χ3n) is 4.96. The van der Waals surface area contributed by atoms with Crippen molar-refractivity contribution in [3.05, 3.63) is 35.6 Å². The van der Waals surface area contributed by atoms with Crippen molar-refractivity contribution in [3.8, 4) is 0 Å². The predicted octanol–water partition coefficient (Wildman–Crippen LogP) is 1.40. The molecule has 0 aliphatic carbocycles. The summed E-state index contributed by atoms with van der Waals surface area (Å²) in [6, 6.07) is 6.49. The summed E-state index contributed by atoms with van der Waals surface area (Å²) >= 11 is 0. The monoisotopic (exact) mass is 361 g/mol. The third-order valence-corrected chi connectivity index (χ3v) is 4.96. The zero-order valence-electron chi connectivity index (χ0n) is 14.8. The van der Waals surface area contributed by atoms with Crippen molar-refractivity contribution in [1.82, 2.24) is 14.7 Å². The Morgan fingerprint density at radius 3 is 2.35 bits per heavy atom. The minimum absolute atomic E-state index is 0.0128. The van der Waals surface area contributed by atoms with Crippen LogP contribution in [0.4, 0.5) is 4.39 Å². The summed E-state index contributed by atoms with van der Waals surface area (Å²) in [5, 5.41) is 0. The lowest BCUT2D eigenvalue weighted by molar-refractivity contribution is -0.139. The summed E-state index contributed by atoms with van der Waals surface area (Å²) in [5.74, 6) is -0.606. The second kappa shape index (κ2) is 8.40. The number of hydrogen-bond acceptors (Lipinski definition) is 4. The predicted molar refractivity (Wildman–Crippen MR) is 93.4 cm³/mol. The molecule has 0 saturated carbocycles. The van der Waals surface area contributed by atoms with E-state index in [9.17, 15) is 18.8 Å². The Morgan fingerprint density at radius 1 is 0.962 bits per heavy atom.